The van der Waals surface area contributed by atoms with Crippen molar-refractivity contribution in [3.8, 4) is 0 Å². The number of hydrogen-bond donors (Lipinski definition) is 0. The highest BCUT2D eigenvalue weighted by atomic mass is 32.2. The Kier molecular flexibility index (Phi) is 2.70. The van der Waals surface area contributed by atoms with E-state index < -0.39 is 11.2 Å². The van der Waals surface area contributed by atoms with Crippen LogP contribution in [-0.4, -0.2) is 39.1 Å². The lowest BCUT2D eigenvalue weighted by Gasteiger charge is -2.41. The van der Waals surface area contributed by atoms with Gasteiger partial charge < -0.3 is 9.29 Å². The van der Waals surface area contributed by atoms with E-state index in [0.29, 0.717) is 12.2 Å². The van der Waals surface area contributed by atoms with Gasteiger partial charge in [-0.05, 0) is 11.2 Å². The van der Waals surface area contributed by atoms with Gasteiger partial charge in [0.05, 0.1) is 6.42 Å². The molecule has 1 amide bonds. The van der Waals surface area contributed by atoms with E-state index in [2.05, 4.69) is 0 Å². The second-order valence-electron chi connectivity index (χ2n) is 3.55. The lowest BCUT2D eigenvalue weighted by Crippen LogP contribution is -2.56. The Morgan fingerprint density at radius 1 is 1.80 bits per heavy atom. The van der Waals surface area contributed by atoms with Crippen LogP contribution in [0, 0.1) is 0 Å². The lowest BCUT2D eigenvalue weighted by atomic mass is 10.2. The monoisotopic (exact) mass is 229 g/mol. The van der Waals surface area contributed by atoms with E-state index in [1.54, 1.807) is 6.20 Å². The molecular weight excluding hydrogens is 218 g/mol. The minimum atomic E-state index is -1.05. The topological polar surface area (TPSA) is 69.7 Å². The van der Waals surface area contributed by atoms with Crippen molar-refractivity contribution >= 4 is 23.1 Å². The van der Waals surface area contributed by atoms with Gasteiger partial charge in [-0.25, -0.2) is 0 Å². The van der Waals surface area contributed by atoms with Gasteiger partial charge in [0.25, 0.3) is 0 Å². The zero-order valence-electron chi connectivity index (χ0n) is 8.26. The summed E-state index contributed by atoms with van der Waals surface area (Å²) < 4.78 is 16.4. The van der Waals surface area contributed by atoms with Gasteiger partial charge in [-0.3, -0.25) is 14.5 Å². The first kappa shape index (κ1) is 10.5. The summed E-state index contributed by atoms with van der Waals surface area (Å²) in [6.07, 6.45) is 2.02. The summed E-state index contributed by atoms with van der Waals surface area (Å²) in [7, 11) is 0. The van der Waals surface area contributed by atoms with Gasteiger partial charge in [0, 0.05) is 18.7 Å². The third-order valence-electron chi connectivity index (χ3n) is 2.36. The van der Waals surface area contributed by atoms with Crippen molar-refractivity contribution in [1.29, 1.82) is 0 Å². The Morgan fingerprint density at radius 2 is 2.53 bits per heavy atom. The van der Waals surface area contributed by atoms with E-state index in [9.17, 15) is 14.1 Å². The van der Waals surface area contributed by atoms with E-state index in [4.69, 9.17) is 4.74 Å². The molecular formula is C9H11NO4S. The maximum atomic E-state index is 11.6. The first-order valence-electron chi connectivity index (χ1n) is 4.59. The van der Waals surface area contributed by atoms with Crippen LogP contribution in [0.25, 0.3) is 0 Å². The van der Waals surface area contributed by atoms with Crippen LogP contribution in [0.5, 0.6) is 0 Å². The van der Waals surface area contributed by atoms with Crippen molar-refractivity contribution in [2.75, 3.05) is 12.4 Å². The van der Waals surface area contributed by atoms with Crippen molar-refractivity contribution < 1.29 is 18.9 Å². The zero-order valence-corrected chi connectivity index (χ0v) is 9.08. The van der Waals surface area contributed by atoms with E-state index in [1.165, 1.54) is 11.8 Å². The molecule has 2 rings (SSSR count). The van der Waals surface area contributed by atoms with Crippen molar-refractivity contribution in [3.05, 3.63) is 11.8 Å². The maximum Gasteiger partial charge on any atom is 0.302 e. The molecule has 2 heterocycles. The Morgan fingerprint density at radius 3 is 3.13 bits per heavy atom. The molecule has 0 aromatic rings. The minimum absolute atomic E-state index is 0.0200. The number of β-lactam (4-membered cyclic amide) rings is 1. The molecule has 1 fully saturated rings. The molecule has 15 heavy (non-hydrogen) atoms. The van der Waals surface area contributed by atoms with E-state index in [1.807, 2.05) is 0 Å². The van der Waals surface area contributed by atoms with Crippen LogP contribution >= 0.6 is 0 Å². The molecule has 0 N–H and O–H groups in total. The molecule has 82 valence electrons. The van der Waals surface area contributed by atoms with Crippen molar-refractivity contribution in [2.24, 2.45) is 0 Å². The fourth-order valence-corrected chi connectivity index (χ4v) is 3.04. The van der Waals surface area contributed by atoms with Crippen LogP contribution in [0.15, 0.2) is 11.8 Å². The Bertz CT molecular complexity index is 341. The van der Waals surface area contributed by atoms with Crippen LogP contribution in [-0.2, 0) is 25.5 Å². The number of ether oxygens (including phenoxy) is 1. The van der Waals surface area contributed by atoms with E-state index >= 15 is 0 Å². The van der Waals surface area contributed by atoms with Crippen molar-refractivity contribution in [1.82, 2.24) is 4.90 Å². The van der Waals surface area contributed by atoms with Gasteiger partial charge in [-0.15, -0.1) is 0 Å². The fourth-order valence-electron chi connectivity index (χ4n) is 1.56. The van der Waals surface area contributed by atoms with Gasteiger partial charge in [0.1, 0.15) is 12.4 Å². The standard InChI is InChI=1S/C9H11NO4S/c1-6(11)14-4-7-3-10-8(12)2-9(10)15(13)5-7/h3,9H,2,4-5H2,1H3/t9-,15?/m1/s1. The number of carbonyl (C=O) groups excluding carboxylic acids is 2. The van der Waals surface area contributed by atoms with E-state index in [-0.39, 0.29) is 23.9 Å². The summed E-state index contributed by atoms with van der Waals surface area (Å²) >= 11 is -1.05. The first-order chi connectivity index (χ1) is 7.08. The average Bonchev–Trinajstić information content (AvgIpc) is 2.16. The third-order valence-corrected chi connectivity index (χ3v) is 4.02. The number of carbonyl (C=O) groups is 2. The Labute approximate surface area is 90.2 Å². The van der Waals surface area contributed by atoms with Gasteiger partial charge in [-0.1, -0.05) is 0 Å². The number of rotatable bonds is 2. The molecule has 0 radical (unpaired) electrons. The zero-order chi connectivity index (χ0) is 11.0. The number of fused-ring (bicyclic) bond motifs is 1. The molecule has 0 aliphatic carbocycles. The van der Waals surface area contributed by atoms with Crippen LogP contribution in [0.4, 0.5) is 0 Å². The van der Waals surface area contributed by atoms with Crippen molar-refractivity contribution in [2.45, 2.75) is 18.7 Å². The number of hydrogen-bond acceptors (Lipinski definition) is 4. The van der Waals surface area contributed by atoms with Crippen LogP contribution < -0.4 is 0 Å². The predicted molar refractivity (Wildman–Crippen MR) is 53.0 cm³/mol. The van der Waals surface area contributed by atoms with Gasteiger partial charge in [0.15, 0.2) is 0 Å². The smallest absolute Gasteiger partial charge is 0.302 e. The summed E-state index contributed by atoms with van der Waals surface area (Å²) in [5.41, 5.74) is 0.729. The molecule has 0 saturated carbocycles. The summed E-state index contributed by atoms with van der Waals surface area (Å²) in [5.74, 6) is -0.00559. The lowest BCUT2D eigenvalue weighted by molar-refractivity contribution is -0.140. The Hall–Kier alpha value is -1.01. The molecule has 1 unspecified atom stereocenters. The molecule has 2 aliphatic heterocycles. The number of amides is 1. The predicted octanol–water partition coefficient (Wildman–Crippen LogP) is -0.246. The molecule has 0 aromatic carbocycles. The molecule has 0 aromatic heterocycles. The molecule has 0 spiro atoms. The molecule has 1 saturated heterocycles. The summed E-state index contributed by atoms with van der Waals surface area (Å²) in [5, 5.41) is -0.154. The fraction of sp³-hybridized carbons (Fsp3) is 0.556. The average molecular weight is 229 g/mol. The number of esters is 1. The highest BCUT2D eigenvalue weighted by molar-refractivity contribution is 7.92. The quantitative estimate of drug-likeness (QED) is 0.372. The SMILES string of the molecule is CC(=O)OCC1=CN2C(=O)C[C@H]2[S+]([O-])C1. The van der Waals surface area contributed by atoms with Crippen molar-refractivity contribution in [3.63, 3.8) is 0 Å². The second-order valence-corrected chi connectivity index (χ2v) is 5.15. The molecule has 2 aliphatic rings. The maximum absolute atomic E-state index is 11.6. The summed E-state index contributed by atoms with van der Waals surface area (Å²) in [6, 6.07) is 0. The molecule has 0 bridgehead atoms. The van der Waals surface area contributed by atoms with E-state index in [0.717, 1.165) is 5.57 Å². The first-order valence-corrected chi connectivity index (χ1v) is 5.97. The largest absolute Gasteiger partial charge is 0.614 e. The highest BCUT2D eigenvalue weighted by Gasteiger charge is 2.46. The van der Waals surface area contributed by atoms with Crippen LogP contribution in [0.3, 0.4) is 0 Å². The summed E-state index contributed by atoms with van der Waals surface area (Å²) in [6.45, 7) is 1.44. The Balaban J connectivity index is 2.00. The van der Waals surface area contributed by atoms with Crippen LogP contribution in [0.1, 0.15) is 13.3 Å². The normalized spacial score (nSPS) is 29.1. The summed E-state index contributed by atoms with van der Waals surface area (Å²) in [4.78, 5) is 23.2. The second kappa shape index (κ2) is 3.86. The van der Waals surface area contributed by atoms with Gasteiger partial charge in [0.2, 0.25) is 11.3 Å². The molecule has 6 heteroatoms. The van der Waals surface area contributed by atoms with Gasteiger partial charge in [-0.2, -0.15) is 0 Å². The molecule has 5 nitrogen and oxygen atoms in total. The van der Waals surface area contributed by atoms with Gasteiger partial charge >= 0.3 is 5.97 Å². The minimum Gasteiger partial charge on any atom is -0.614 e. The number of nitrogens with zero attached hydrogens (tertiary/aromatic N) is 1. The molecule has 2 atom stereocenters. The highest BCUT2D eigenvalue weighted by Crippen LogP contribution is 2.31. The van der Waals surface area contributed by atoms with Crippen LogP contribution in [0.2, 0.25) is 0 Å². The third kappa shape index (κ3) is 2.00.